The van der Waals surface area contributed by atoms with Crippen molar-refractivity contribution in [1.29, 1.82) is 0 Å². The molecule has 1 aliphatic heterocycles. The number of urea groups is 1. The lowest BCUT2D eigenvalue weighted by atomic mass is 9.98. The van der Waals surface area contributed by atoms with E-state index in [4.69, 9.17) is 11.6 Å². The lowest BCUT2D eigenvalue weighted by Gasteiger charge is -2.33. The summed E-state index contributed by atoms with van der Waals surface area (Å²) in [5.74, 6) is -1.45. The zero-order chi connectivity index (χ0) is 15.6. The number of benzene rings is 1. The summed E-state index contributed by atoms with van der Waals surface area (Å²) in [6, 6.07) is 4.52. The van der Waals surface area contributed by atoms with Gasteiger partial charge in [-0.05, 0) is 37.5 Å². The first-order valence-corrected chi connectivity index (χ1v) is 7.04. The first kappa shape index (κ1) is 15.9. The fourth-order valence-corrected chi connectivity index (χ4v) is 2.54. The Kier molecular flexibility index (Phi) is 4.66. The summed E-state index contributed by atoms with van der Waals surface area (Å²) in [5.41, 5.74) is 1.21. The Morgan fingerprint density at radius 2 is 2.14 bits per heavy atom. The van der Waals surface area contributed by atoms with Crippen LogP contribution in [-0.2, 0) is 0 Å². The highest BCUT2D eigenvalue weighted by molar-refractivity contribution is 6.31. The molecular weight excluding hydrogens is 305 g/mol. The second kappa shape index (κ2) is 6.13. The van der Waals surface area contributed by atoms with Crippen LogP contribution in [0.5, 0.6) is 0 Å². The predicted octanol–water partition coefficient (Wildman–Crippen LogP) is 4.45. The zero-order valence-electron chi connectivity index (χ0n) is 11.5. The zero-order valence-corrected chi connectivity index (χ0v) is 12.3. The summed E-state index contributed by atoms with van der Waals surface area (Å²) in [7, 11) is 0. The second-order valence-electron chi connectivity index (χ2n) is 5.17. The van der Waals surface area contributed by atoms with Gasteiger partial charge in [0.15, 0.2) is 0 Å². The Labute approximate surface area is 126 Å². The van der Waals surface area contributed by atoms with Gasteiger partial charge in [0, 0.05) is 23.8 Å². The first-order valence-electron chi connectivity index (χ1n) is 6.67. The van der Waals surface area contributed by atoms with Crippen LogP contribution in [0.3, 0.4) is 0 Å². The highest BCUT2D eigenvalue weighted by Gasteiger charge is 2.42. The molecule has 1 saturated heterocycles. The number of hydrogen-bond donors (Lipinski definition) is 1. The summed E-state index contributed by atoms with van der Waals surface area (Å²) in [6.45, 7) is 1.78. The Hall–Kier alpha value is -1.43. The Morgan fingerprint density at radius 1 is 1.43 bits per heavy atom. The molecule has 2 rings (SSSR count). The molecule has 21 heavy (non-hydrogen) atoms. The molecule has 0 spiro atoms. The number of piperidine rings is 1. The number of hydrogen-bond acceptors (Lipinski definition) is 1. The van der Waals surface area contributed by atoms with Gasteiger partial charge in [0.25, 0.3) is 0 Å². The fraction of sp³-hybridized carbons (Fsp3) is 0.500. The van der Waals surface area contributed by atoms with Gasteiger partial charge in [0.2, 0.25) is 0 Å². The predicted molar refractivity (Wildman–Crippen MR) is 75.6 cm³/mol. The van der Waals surface area contributed by atoms with Gasteiger partial charge in [-0.15, -0.1) is 0 Å². The van der Waals surface area contributed by atoms with Crippen molar-refractivity contribution < 1.29 is 18.0 Å². The number of carbonyl (C=O) groups excluding carboxylic acids is 1. The summed E-state index contributed by atoms with van der Waals surface area (Å²) >= 11 is 5.95. The molecule has 1 heterocycles. The van der Waals surface area contributed by atoms with E-state index < -0.39 is 18.1 Å². The maximum Gasteiger partial charge on any atom is 0.393 e. The molecule has 0 radical (unpaired) electrons. The number of alkyl halides is 3. The van der Waals surface area contributed by atoms with Crippen LogP contribution >= 0.6 is 11.6 Å². The highest BCUT2D eigenvalue weighted by atomic mass is 35.5. The molecule has 7 heteroatoms. The van der Waals surface area contributed by atoms with E-state index in [2.05, 4.69) is 5.32 Å². The maximum atomic E-state index is 12.7. The van der Waals surface area contributed by atoms with Crippen molar-refractivity contribution in [3.8, 4) is 0 Å². The molecule has 0 aliphatic carbocycles. The van der Waals surface area contributed by atoms with Crippen molar-refractivity contribution in [3.05, 3.63) is 28.8 Å². The van der Waals surface area contributed by atoms with Gasteiger partial charge in [-0.2, -0.15) is 13.2 Å². The van der Waals surface area contributed by atoms with Crippen molar-refractivity contribution >= 4 is 23.3 Å². The van der Waals surface area contributed by atoms with Gasteiger partial charge in [-0.25, -0.2) is 4.79 Å². The van der Waals surface area contributed by atoms with Crippen LogP contribution in [0.2, 0.25) is 5.02 Å². The normalized spacial score (nSPS) is 19.5. The Bertz CT molecular complexity index is 533. The van der Waals surface area contributed by atoms with Crippen molar-refractivity contribution in [1.82, 2.24) is 4.90 Å². The van der Waals surface area contributed by atoms with Crippen LogP contribution < -0.4 is 5.32 Å². The van der Waals surface area contributed by atoms with Crippen LogP contribution in [0.4, 0.5) is 23.7 Å². The first-order chi connectivity index (χ1) is 9.79. The molecule has 116 valence electrons. The van der Waals surface area contributed by atoms with Gasteiger partial charge in [0.1, 0.15) is 0 Å². The quantitative estimate of drug-likeness (QED) is 0.814. The largest absolute Gasteiger partial charge is 0.393 e. The summed E-state index contributed by atoms with van der Waals surface area (Å²) < 4.78 is 38.2. The topological polar surface area (TPSA) is 32.3 Å². The molecule has 1 atom stereocenters. The Balaban J connectivity index is 2.05. The molecule has 1 N–H and O–H groups in total. The van der Waals surface area contributed by atoms with E-state index in [9.17, 15) is 18.0 Å². The van der Waals surface area contributed by atoms with E-state index in [1.54, 1.807) is 25.1 Å². The lowest BCUT2D eigenvalue weighted by Crippen LogP contribution is -2.46. The molecule has 0 saturated carbocycles. The van der Waals surface area contributed by atoms with Crippen LogP contribution in [0, 0.1) is 12.8 Å². The number of likely N-dealkylation sites (tertiary alicyclic amines) is 1. The van der Waals surface area contributed by atoms with Crippen molar-refractivity contribution in [2.75, 3.05) is 18.4 Å². The highest BCUT2D eigenvalue weighted by Crippen LogP contribution is 2.33. The third kappa shape index (κ3) is 3.81. The van der Waals surface area contributed by atoms with E-state index in [1.165, 1.54) is 4.90 Å². The molecule has 0 bridgehead atoms. The molecule has 1 aromatic carbocycles. The number of rotatable bonds is 1. The molecule has 1 aliphatic rings. The molecule has 1 fully saturated rings. The van der Waals surface area contributed by atoms with Crippen LogP contribution in [0.25, 0.3) is 0 Å². The van der Waals surface area contributed by atoms with Crippen molar-refractivity contribution in [3.63, 3.8) is 0 Å². The summed E-state index contributed by atoms with van der Waals surface area (Å²) in [6.07, 6.45) is -3.83. The molecule has 0 aromatic heterocycles. The summed E-state index contributed by atoms with van der Waals surface area (Å²) in [4.78, 5) is 13.3. The lowest BCUT2D eigenvalue weighted by molar-refractivity contribution is -0.183. The summed E-state index contributed by atoms with van der Waals surface area (Å²) in [5, 5.41) is 3.13. The van der Waals surface area contributed by atoms with E-state index in [0.717, 1.165) is 0 Å². The molecule has 2 amide bonds. The molecular formula is C14H16ClF3N2O. The number of carbonyl (C=O) groups is 1. The minimum absolute atomic E-state index is 0.0729. The van der Waals surface area contributed by atoms with Crippen LogP contribution in [0.15, 0.2) is 18.2 Å². The average Bonchev–Trinajstić information content (AvgIpc) is 2.43. The van der Waals surface area contributed by atoms with Crippen LogP contribution in [-0.4, -0.2) is 30.2 Å². The van der Waals surface area contributed by atoms with Gasteiger partial charge in [-0.3, -0.25) is 0 Å². The third-order valence-corrected chi connectivity index (χ3v) is 4.09. The third-order valence-electron chi connectivity index (χ3n) is 3.68. The number of halogens is 4. The maximum absolute atomic E-state index is 12.7. The van der Waals surface area contributed by atoms with Gasteiger partial charge >= 0.3 is 12.2 Å². The number of amides is 2. The van der Waals surface area contributed by atoms with E-state index in [1.807, 2.05) is 0 Å². The Morgan fingerprint density at radius 3 is 2.81 bits per heavy atom. The number of anilines is 1. The minimum Gasteiger partial charge on any atom is -0.324 e. The van der Waals surface area contributed by atoms with Gasteiger partial charge in [-0.1, -0.05) is 17.7 Å². The number of nitrogens with one attached hydrogen (secondary N) is 1. The number of nitrogens with zero attached hydrogens (tertiary/aromatic N) is 1. The van der Waals surface area contributed by atoms with Crippen molar-refractivity contribution in [2.45, 2.75) is 25.9 Å². The van der Waals surface area contributed by atoms with Crippen molar-refractivity contribution in [2.24, 2.45) is 5.92 Å². The monoisotopic (exact) mass is 320 g/mol. The van der Waals surface area contributed by atoms with Gasteiger partial charge < -0.3 is 10.2 Å². The standard InChI is InChI=1S/C14H16ClF3N2O/c1-9-11(15)5-2-6-12(9)19-13(21)20-7-3-4-10(8-20)14(16,17)18/h2,5-6,10H,3-4,7-8H2,1H3,(H,19,21)/t10-/m0/s1. The van der Waals surface area contributed by atoms with Crippen LogP contribution in [0.1, 0.15) is 18.4 Å². The fourth-order valence-electron chi connectivity index (χ4n) is 2.37. The SMILES string of the molecule is Cc1c(Cl)cccc1NC(=O)N1CCC[C@H](C(F)(F)F)C1. The molecule has 1 aromatic rings. The smallest absolute Gasteiger partial charge is 0.324 e. The minimum atomic E-state index is -4.26. The van der Waals surface area contributed by atoms with E-state index in [0.29, 0.717) is 29.2 Å². The van der Waals surface area contributed by atoms with Gasteiger partial charge in [0.05, 0.1) is 5.92 Å². The van der Waals surface area contributed by atoms with E-state index >= 15 is 0 Å². The molecule has 0 unspecified atom stereocenters. The average molecular weight is 321 g/mol. The van der Waals surface area contributed by atoms with E-state index in [-0.39, 0.29) is 13.0 Å². The molecule has 3 nitrogen and oxygen atoms in total. The second-order valence-corrected chi connectivity index (χ2v) is 5.58.